The molecule has 0 aliphatic heterocycles. The van der Waals surface area contributed by atoms with Gasteiger partial charge in [-0.1, -0.05) is 62.2 Å². The normalized spacial score (nSPS) is 13.1. The van der Waals surface area contributed by atoms with Crippen LogP contribution in [0.3, 0.4) is 0 Å². The Labute approximate surface area is 224 Å². The smallest absolute Gasteiger partial charge is 0.246 e. The maximum Gasteiger partial charge on any atom is 0.246 e. The molecule has 10 heteroatoms. The van der Waals surface area contributed by atoms with Crippen LogP contribution in [0.15, 0.2) is 59.6 Å². The van der Waals surface area contributed by atoms with Gasteiger partial charge in [-0.15, -0.1) is 0 Å². The van der Waals surface area contributed by atoms with E-state index in [0.29, 0.717) is 37.1 Å². The van der Waals surface area contributed by atoms with Crippen molar-refractivity contribution in [3.05, 3.63) is 65.7 Å². The van der Waals surface area contributed by atoms with Crippen molar-refractivity contribution in [2.75, 3.05) is 11.9 Å². The Hall–Kier alpha value is -3.92. The van der Waals surface area contributed by atoms with Gasteiger partial charge in [0.05, 0.1) is 12.5 Å². The van der Waals surface area contributed by atoms with Gasteiger partial charge in [-0.3, -0.25) is 19.4 Å². The number of anilines is 1. The van der Waals surface area contributed by atoms with E-state index in [1.54, 1.807) is 24.3 Å². The number of aliphatic hydroxyl groups excluding tert-OH is 1. The minimum atomic E-state index is -0.896. The van der Waals surface area contributed by atoms with Crippen LogP contribution < -0.4 is 27.8 Å². The van der Waals surface area contributed by atoms with Crippen molar-refractivity contribution in [3.8, 4) is 0 Å². The van der Waals surface area contributed by atoms with E-state index in [1.165, 1.54) is 0 Å². The highest BCUT2D eigenvalue weighted by molar-refractivity contribution is 5.98. The minimum absolute atomic E-state index is 0.0536. The van der Waals surface area contributed by atoms with E-state index < -0.39 is 35.6 Å². The molecule has 206 valence electrons. The summed E-state index contributed by atoms with van der Waals surface area (Å²) in [4.78, 5) is 43.3. The van der Waals surface area contributed by atoms with E-state index in [9.17, 15) is 19.5 Å². The molecule has 0 radical (unpaired) electrons. The van der Waals surface area contributed by atoms with Crippen molar-refractivity contribution in [2.24, 2.45) is 34.0 Å². The fourth-order valence-corrected chi connectivity index (χ4v) is 4.23. The number of benzene rings is 2. The number of unbranched alkanes of at least 4 members (excludes halogenated alkanes) is 1. The second kappa shape index (κ2) is 16.0. The van der Waals surface area contributed by atoms with Gasteiger partial charge in [0.25, 0.3) is 0 Å². The van der Waals surface area contributed by atoms with Crippen LogP contribution in [0.2, 0.25) is 0 Å². The number of carbonyl (C=O) groups excluding carboxylic acids is 3. The molecule has 0 aromatic heterocycles. The van der Waals surface area contributed by atoms with Crippen molar-refractivity contribution in [2.45, 2.75) is 58.1 Å². The molecule has 38 heavy (non-hydrogen) atoms. The highest BCUT2D eigenvalue weighted by Gasteiger charge is 2.34. The molecule has 0 saturated carbocycles. The first-order valence-electron chi connectivity index (χ1n) is 12.9. The first-order valence-corrected chi connectivity index (χ1v) is 12.9. The summed E-state index contributed by atoms with van der Waals surface area (Å²) in [6, 6.07) is 15.3. The quantitative estimate of drug-likeness (QED) is 0.110. The number of guanidine groups is 1. The van der Waals surface area contributed by atoms with Crippen molar-refractivity contribution in [1.82, 2.24) is 5.32 Å². The lowest BCUT2D eigenvalue weighted by Gasteiger charge is -2.27. The van der Waals surface area contributed by atoms with E-state index >= 15 is 0 Å². The van der Waals surface area contributed by atoms with Gasteiger partial charge in [0, 0.05) is 18.2 Å². The minimum Gasteiger partial charge on any atom is -0.392 e. The van der Waals surface area contributed by atoms with Gasteiger partial charge in [0.15, 0.2) is 5.96 Å². The molecule has 3 atom stereocenters. The van der Waals surface area contributed by atoms with Crippen LogP contribution in [-0.4, -0.2) is 41.4 Å². The Bertz CT molecular complexity index is 1050. The molecule has 0 bridgehead atoms. The zero-order chi connectivity index (χ0) is 27.9. The second-order valence-electron chi connectivity index (χ2n) is 9.30. The van der Waals surface area contributed by atoms with Gasteiger partial charge in [-0.2, -0.15) is 0 Å². The molecule has 3 amide bonds. The third-order valence-corrected chi connectivity index (χ3v) is 6.34. The number of aliphatic imine (C=N–C) groups is 1. The monoisotopic (exact) mass is 524 g/mol. The zero-order valence-corrected chi connectivity index (χ0v) is 21.9. The lowest BCUT2D eigenvalue weighted by Crippen LogP contribution is -2.49. The predicted molar refractivity (Wildman–Crippen MR) is 149 cm³/mol. The number of rotatable bonds is 16. The number of amides is 3. The van der Waals surface area contributed by atoms with Crippen LogP contribution in [-0.2, 0) is 27.4 Å². The summed E-state index contributed by atoms with van der Waals surface area (Å²) in [6.07, 6.45) is 3.12. The molecule has 2 aromatic carbocycles. The van der Waals surface area contributed by atoms with E-state index in [1.807, 2.05) is 37.3 Å². The standard InChI is InChI=1S/C28H40N6O4/c1-2-3-10-22(25(29)36)23(17-19-8-5-4-6-9-19)26(37)34-24(11-7-16-32-28(30)31)27(38)33-21-14-12-20(18-35)13-15-21/h4-6,8-9,12-15,22-24,35H,2-3,7,10-11,16-18H2,1H3,(H2,29,36)(H,33,38)(H,34,37)(H4,30,31,32)/t22?,23-,24-/m0/s1. The van der Waals surface area contributed by atoms with E-state index in [-0.39, 0.29) is 19.0 Å². The molecule has 0 spiro atoms. The second-order valence-corrected chi connectivity index (χ2v) is 9.30. The number of hydrogen-bond acceptors (Lipinski definition) is 5. The Morgan fingerprint density at radius 1 is 0.868 bits per heavy atom. The molecule has 0 fully saturated rings. The largest absolute Gasteiger partial charge is 0.392 e. The third kappa shape index (κ3) is 10.2. The van der Waals surface area contributed by atoms with Crippen LogP contribution in [0, 0.1) is 11.8 Å². The molecule has 0 aliphatic rings. The van der Waals surface area contributed by atoms with Crippen molar-refractivity contribution < 1.29 is 19.5 Å². The van der Waals surface area contributed by atoms with Crippen LogP contribution >= 0.6 is 0 Å². The first kappa shape index (κ1) is 30.3. The molecule has 0 aliphatic carbocycles. The summed E-state index contributed by atoms with van der Waals surface area (Å²) in [5.41, 5.74) is 18.7. The Kier molecular flexibility index (Phi) is 12.8. The Morgan fingerprint density at radius 3 is 2.13 bits per heavy atom. The van der Waals surface area contributed by atoms with Crippen LogP contribution in [0.4, 0.5) is 5.69 Å². The molecule has 10 nitrogen and oxygen atoms in total. The van der Waals surface area contributed by atoms with Crippen LogP contribution in [0.1, 0.15) is 50.2 Å². The van der Waals surface area contributed by atoms with Crippen molar-refractivity contribution >= 4 is 29.4 Å². The maximum atomic E-state index is 13.7. The summed E-state index contributed by atoms with van der Waals surface area (Å²) in [5.74, 6) is -2.83. The number of carbonyl (C=O) groups is 3. The van der Waals surface area contributed by atoms with Gasteiger partial charge in [-0.25, -0.2) is 0 Å². The maximum absolute atomic E-state index is 13.7. The van der Waals surface area contributed by atoms with Gasteiger partial charge < -0.3 is 32.9 Å². The lowest BCUT2D eigenvalue weighted by atomic mass is 9.82. The summed E-state index contributed by atoms with van der Waals surface area (Å²) in [7, 11) is 0. The van der Waals surface area contributed by atoms with E-state index in [4.69, 9.17) is 17.2 Å². The van der Waals surface area contributed by atoms with Gasteiger partial charge in [-0.05, 0) is 48.9 Å². The number of nitrogens with two attached hydrogens (primary N) is 3. The molecule has 2 rings (SSSR count). The highest BCUT2D eigenvalue weighted by Crippen LogP contribution is 2.24. The molecule has 0 saturated heterocycles. The molecular weight excluding hydrogens is 484 g/mol. The summed E-state index contributed by atoms with van der Waals surface area (Å²) < 4.78 is 0. The number of nitrogens with zero attached hydrogens (tertiary/aromatic N) is 1. The SMILES string of the molecule is CCCCC(C(N)=O)[C@H](Cc1ccccc1)C(=O)N[C@@H](CCCN=C(N)N)C(=O)Nc1ccc(CO)cc1. The number of aliphatic hydroxyl groups is 1. The average molecular weight is 525 g/mol. The zero-order valence-electron chi connectivity index (χ0n) is 21.9. The fraction of sp³-hybridized carbons (Fsp3) is 0.429. The van der Waals surface area contributed by atoms with E-state index in [2.05, 4.69) is 15.6 Å². The summed E-state index contributed by atoms with van der Waals surface area (Å²) >= 11 is 0. The van der Waals surface area contributed by atoms with E-state index in [0.717, 1.165) is 18.4 Å². The number of nitrogens with one attached hydrogen (secondary N) is 2. The topological polar surface area (TPSA) is 186 Å². The average Bonchev–Trinajstić information content (AvgIpc) is 2.90. The van der Waals surface area contributed by atoms with Gasteiger partial charge >= 0.3 is 0 Å². The van der Waals surface area contributed by atoms with Crippen molar-refractivity contribution in [1.29, 1.82) is 0 Å². The number of primary amides is 1. The molecule has 2 aromatic rings. The highest BCUT2D eigenvalue weighted by atomic mass is 16.3. The Balaban J connectivity index is 2.27. The van der Waals surface area contributed by atoms with Crippen molar-refractivity contribution in [3.63, 3.8) is 0 Å². The molecule has 0 heterocycles. The fourth-order valence-electron chi connectivity index (χ4n) is 4.23. The lowest BCUT2D eigenvalue weighted by molar-refractivity contribution is -0.135. The Morgan fingerprint density at radius 2 is 1.55 bits per heavy atom. The van der Waals surface area contributed by atoms with Crippen LogP contribution in [0.5, 0.6) is 0 Å². The molecule has 9 N–H and O–H groups in total. The van der Waals surface area contributed by atoms with Gasteiger partial charge in [0.1, 0.15) is 6.04 Å². The van der Waals surface area contributed by atoms with Gasteiger partial charge in [0.2, 0.25) is 17.7 Å². The summed E-state index contributed by atoms with van der Waals surface area (Å²) in [5, 5.41) is 14.9. The summed E-state index contributed by atoms with van der Waals surface area (Å²) in [6.45, 7) is 2.19. The first-order chi connectivity index (χ1) is 18.2. The van der Waals surface area contributed by atoms with Crippen LogP contribution in [0.25, 0.3) is 0 Å². The predicted octanol–water partition coefficient (Wildman–Crippen LogP) is 1.81. The molecular formula is C28H40N6O4. The number of hydrogen-bond donors (Lipinski definition) is 6. The third-order valence-electron chi connectivity index (χ3n) is 6.34. The molecule has 1 unspecified atom stereocenters.